The van der Waals surface area contributed by atoms with Crippen LogP contribution in [0.3, 0.4) is 0 Å². The Morgan fingerprint density at radius 3 is 2.57 bits per heavy atom. The van der Waals surface area contributed by atoms with Crippen molar-refractivity contribution in [2.24, 2.45) is 0 Å². The molecular formula is C18H25N3. The second-order valence-electron chi connectivity index (χ2n) is 5.21. The second-order valence-corrected chi connectivity index (χ2v) is 5.21. The summed E-state index contributed by atoms with van der Waals surface area (Å²) in [6.45, 7) is 9.25. The average molecular weight is 283 g/mol. The number of benzene rings is 1. The molecule has 21 heavy (non-hydrogen) atoms. The molecule has 0 bridgehead atoms. The maximum atomic E-state index is 4.46. The van der Waals surface area contributed by atoms with Crippen molar-refractivity contribution in [1.29, 1.82) is 0 Å². The van der Waals surface area contributed by atoms with Crippen LogP contribution in [0.5, 0.6) is 0 Å². The zero-order chi connectivity index (χ0) is 15.1. The molecule has 0 aliphatic rings. The smallest absolute Gasteiger partial charge is 0.0489 e. The molecule has 0 saturated carbocycles. The minimum Gasteiger partial charge on any atom is -0.341 e. The molecule has 0 fully saturated rings. The first kappa shape index (κ1) is 15.5. The van der Waals surface area contributed by atoms with E-state index < -0.39 is 0 Å². The lowest BCUT2D eigenvalue weighted by Gasteiger charge is -2.26. The van der Waals surface area contributed by atoms with Gasteiger partial charge in [-0.05, 0) is 45.0 Å². The number of hydrogen-bond donors (Lipinski definition) is 1. The SMILES string of the molecule is CCCNCc1cnc(C)cc1N(CC)c1ccccc1. The first-order valence-electron chi connectivity index (χ1n) is 7.75. The molecule has 0 aliphatic carbocycles. The lowest BCUT2D eigenvalue weighted by Crippen LogP contribution is -2.21. The van der Waals surface area contributed by atoms with E-state index in [1.165, 1.54) is 16.9 Å². The fourth-order valence-electron chi connectivity index (χ4n) is 2.46. The topological polar surface area (TPSA) is 28.2 Å². The van der Waals surface area contributed by atoms with Crippen LogP contribution in [0.25, 0.3) is 0 Å². The number of pyridine rings is 1. The number of aromatic nitrogens is 1. The molecule has 0 atom stereocenters. The number of para-hydroxylation sites is 1. The first-order chi connectivity index (χ1) is 10.3. The van der Waals surface area contributed by atoms with Crippen molar-refractivity contribution in [2.75, 3.05) is 18.0 Å². The molecule has 1 heterocycles. The van der Waals surface area contributed by atoms with Gasteiger partial charge < -0.3 is 10.2 Å². The van der Waals surface area contributed by atoms with Crippen molar-refractivity contribution in [3.63, 3.8) is 0 Å². The van der Waals surface area contributed by atoms with E-state index >= 15 is 0 Å². The van der Waals surface area contributed by atoms with Crippen LogP contribution < -0.4 is 10.2 Å². The van der Waals surface area contributed by atoms with Crippen LogP contribution >= 0.6 is 0 Å². The lowest BCUT2D eigenvalue weighted by atomic mass is 10.1. The Kier molecular flexibility index (Phi) is 5.76. The zero-order valence-corrected chi connectivity index (χ0v) is 13.3. The minimum absolute atomic E-state index is 0.861. The number of nitrogens with zero attached hydrogens (tertiary/aromatic N) is 2. The highest BCUT2D eigenvalue weighted by Crippen LogP contribution is 2.28. The molecule has 3 nitrogen and oxygen atoms in total. The highest BCUT2D eigenvalue weighted by atomic mass is 15.1. The Bertz CT molecular complexity index is 552. The third-order valence-electron chi connectivity index (χ3n) is 3.52. The zero-order valence-electron chi connectivity index (χ0n) is 13.3. The van der Waals surface area contributed by atoms with Gasteiger partial charge in [-0.15, -0.1) is 0 Å². The van der Waals surface area contributed by atoms with E-state index in [1.807, 2.05) is 13.1 Å². The summed E-state index contributed by atoms with van der Waals surface area (Å²) in [7, 11) is 0. The van der Waals surface area contributed by atoms with E-state index in [2.05, 4.69) is 65.4 Å². The molecule has 2 rings (SSSR count). The Morgan fingerprint density at radius 1 is 1.14 bits per heavy atom. The van der Waals surface area contributed by atoms with Gasteiger partial charge >= 0.3 is 0 Å². The molecule has 2 aromatic rings. The van der Waals surface area contributed by atoms with Gasteiger partial charge in [0.2, 0.25) is 0 Å². The Labute approximate surface area is 128 Å². The van der Waals surface area contributed by atoms with E-state index in [1.54, 1.807) is 0 Å². The van der Waals surface area contributed by atoms with Crippen LogP contribution in [0.1, 0.15) is 31.5 Å². The van der Waals surface area contributed by atoms with Gasteiger partial charge in [0.1, 0.15) is 0 Å². The summed E-state index contributed by atoms with van der Waals surface area (Å²) in [4.78, 5) is 6.81. The predicted octanol–water partition coefficient (Wildman–Crippen LogP) is 4.05. The van der Waals surface area contributed by atoms with Crippen LogP contribution in [0.15, 0.2) is 42.6 Å². The van der Waals surface area contributed by atoms with E-state index in [9.17, 15) is 0 Å². The van der Waals surface area contributed by atoms with Crippen molar-refractivity contribution in [3.05, 3.63) is 53.9 Å². The van der Waals surface area contributed by atoms with Gasteiger partial charge in [0, 0.05) is 41.9 Å². The van der Waals surface area contributed by atoms with Crippen molar-refractivity contribution >= 4 is 11.4 Å². The highest BCUT2D eigenvalue weighted by molar-refractivity contribution is 5.66. The summed E-state index contributed by atoms with van der Waals surface area (Å²) in [6, 6.07) is 12.7. The number of hydrogen-bond acceptors (Lipinski definition) is 3. The van der Waals surface area contributed by atoms with Gasteiger partial charge in [-0.3, -0.25) is 4.98 Å². The molecule has 0 unspecified atom stereocenters. The molecule has 0 aliphatic heterocycles. The molecule has 0 saturated heterocycles. The molecular weight excluding hydrogens is 258 g/mol. The lowest BCUT2D eigenvalue weighted by molar-refractivity contribution is 0.673. The normalized spacial score (nSPS) is 10.6. The van der Waals surface area contributed by atoms with Crippen LogP contribution in [0.4, 0.5) is 11.4 Å². The Balaban J connectivity index is 2.33. The van der Waals surface area contributed by atoms with Crippen LogP contribution in [-0.2, 0) is 6.54 Å². The molecule has 1 N–H and O–H groups in total. The Morgan fingerprint density at radius 2 is 1.90 bits per heavy atom. The summed E-state index contributed by atoms with van der Waals surface area (Å²) in [6.07, 6.45) is 3.14. The number of nitrogens with one attached hydrogen (secondary N) is 1. The second kappa shape index (κ2) is 7.79. The summed E-state index contributed by atoms with van der Waals surface area (Å²) >= 11 is 0. The van der Waals surface area contributed by atoms with Crippen molar-refractivity contribution in [1.82, 2.24) is 10.3 Å². The van der Waals surface area contributed by atoms with Crippen LogP contribution in [0, 0.1) is 6.92 Å². The number of anilines is 2. The number of aryl methyl sites for hydroxylation is 1. The monoisotopic (exact) mass is 283 g/mol. The van der Waals surface area contributed by atoms with E-state index in [-0.39, 0.29) is 0 Å². The third-order valence-corrected chi connectivity index (χ3v) is 3.52. The maximum Gasteiger partial charge on any atom is 0.0489 e. The highest BCUT2D eigenvalue weighted by Gasteiger charge is 2.12. The van der Waals surface area contributed by atoms with Crippen LogP contribution in [-0.4, -0.2) is 18.1 Å². The van der Waals surface area contributed by atoms with Gasteiger partial charge in [-0.1, -0.05) is 25.1 Å². The molecule has 0 amide bonds. The standard InChI is InChI=1S/C18H25N3/c1-4-11-19-13-16-14-20-15(3)12-18(16)21(5-2)17-9-7-6-8-10-17/h6-10,12,14,19H,4-5,11,13H2,1-3H3. The number of rotatable bonds is 7. The molecule has 1 aromatic heterocycles. The maximum absolute atomic E-state index is 4.46. The van der Waals surface area contributed by atoms with Gasteiger partial charge in [0.25, 0.3) is 0 Å². The average Bonchev–Trinajstić information content (AvgIpc) is 2.51. The van der Waals surface area contributed by atoms with Crippen molar-refractivity contribution in [2.45, 2.75) is 33.7 Å². The summed E-state index contributed by atoms with van der Waals surface area (Å²) in [5, 5.41) is 3.47. The van der Waals surface area contributed by atoms with E-state index in [0.717, 1.165) is 31.7 Å². The van der Waals surface area contributed by atoms with E-state index in [4.69, 9.17) is 0 Å². The first-order valence-corrected chi connectivity index (χ1v) is 7.75. The molecule has 3 heteroatoms. The largest absolute Gasteiger partial charge is 0.341 e. The molecule has 1 aromatic carbocycles. The summed E-state index contributed by atoms with van der Waals surface area (Å²) in [5.74, 6) is 0. The predicted molar refractivity (Wildman–Crippen MR) is 90.1 cm³/mol. The fourth-order valence-corrected chi connectivity index (χ4v) is 2.46. The summed E-state index contributed by atoms with van der Waals surface area (Å²) < 4.78 is 0. The molecule has 0 spiro atoms. The molecule has 112 valence electrons. The van der Waals surface area contributed by atoms with Gasteiger partial charge in [0.15, 0.2) is 0 Å². The van der Waals surface area contributed by atoms with Crippen molar-refractivity contribution < 1.29 is 0 Å². The van der Waals surface area contributed by atoms with Gasteiger partial charge in [-0.2, -0.15) is 0 Å². The van der Waals surface area contributed by atoms with Gasteiger partial charge in [0.05, 0.1) is 0 Å². The minimum atomic E-state index is 0.861. The van der Waals surface area contributed by atoms with Crippen LogP contribution in [0.2, 0.25) is 0 Å². The Hall–Kier alpha value is -1.87. The van der Waals surface area contributed by atoms with Crippen molar-refractivity contribution in [3.8, 4) is 0 Å². The quantitative estimate of drug-likeness (QED) is 0.777. The van der Waals surface area contributed by atoms with E-state index in [0.29, 0.717) is 0 Å². The molecule has 0 radical (unpaired) electrons. The fraction of sp³-hybridized carbons (Fsp3) is 0.389. The third kappa shape index (κ3) is 4.05. The van der Waals surface area contributed by atoms with Gasteiger partial charge in [-0.25, -0.2) is 0 Å². The summed E-state index contributed by atoms with van der Waals surface area (Å²) in [5.41, 5.74) is 4.78.